The summed E-state index contributed by atoms with van der Waals surface area (Å²) in [5, 5.41) is 21.6. The lowest BCUT2D eigenvalue weighted by Gasteiger charge is -2.37. The van der Waals surface area contributed by atoms with Crippen LogP contribution in [0.5, 0.6) is 0 Å². The molecule has 1 aliphatic carbocycles. The number of primary amides is 1. The fraction of sp³-hybridized carbons (Fsp3) is 0.414. The van der Waals surface area contributed by atoms with Crippen molar-refractivity contribution >= 4 is 23.9 Å². The molecule has 12 heteroatoms. The molecule has 0 spiro atoms. The highest BCUT2D eigenvalue weighted by Crippen LogP contribution is 2.50. The van der Waals surface area contributed by atoms with E-state index in [1.807, 2.05) is 6.92 Å². The molecule has 2 aromatic carbocycles. The summed E-state index contributed by atoms with van der Waals surface area (Å²) in [6, 6.07) is 15.3. The number of carbonyl (C=O) groups is 3. The van der Waals surface area contributed by atoms with Gasteiger partial charge in [0.25, 0.3) is 0 Å². The van der Waals surface area contributed by atoms with E-state index in [4.69, 9.17) is 16.9 Å². The van der Waals surface area contributed by atoms with Crippen molar-refractivity contribution in [1.82, 2.24) is 16.4 Å². The highest BCUT2D eigenvalue weighted by molar-refractivity contribution is 5.95. The molecule has 1 aliphatic heterocycles. The van der Waals surface area contributed by atoms with Gasteiger partial charge in [-0.05, 0) is 61.3 Å². The molecule has 12 nitrogen and oxygen atoms in total. The highest BCUT2D eigenvalue weighted by Gasteiger charge is 2.56. The number of hydrogen-bond acceptors (Lipinski definition) is 9. The van der Waals surface area contributed by atoms with Crippen LogP contribution < -0.4 is 34.6 Å². The molecule has 1 saturated carbocycles. The number of hydrazine groups is 1. The number of fused-ring (bicyclic) bond motifs is 1. The predicted molar refractivity (Wildman–Crippen MR) is 157 cm³/mol. The number of amides is 2. The second-order valence-electron chi connectivity index (χ2n) is 10.5. The quantitative estimate of drug-likeness (QED) is 0.0722. The van der Waals surface area contributed by atoms with Crippen LogP contribution in [-0.2, 0) is 10.2 Å². The molecule has 1 heterocycles. The Morgan fingerprint density at radius 1 is 1.12 bits per heavy atom. The first-order valence-corrected chi connectivity index (χ1v) is 13.2. The Labute approximate surface area is 240 Å². The molecule has 0 aromatic heterocycles. The van der Waals surface area contributed by atoms with Crippen LogP contribution in [0.2, 0.25) is 0 Å². The molecule has 5 unspecified atom stereocenters. The molecule has 2 aliphatic rings. The zero-order valence-electron chi connectivity index (χ0n) is 23.5. The number of nitrogens with two attached hydrogens (primary N) is 4. The van der Waals surface area contributed by atoms with E-state index in [9.17, 15) is 19.6 Å². The largest absolute Gasteiger partial charge is 0.387 e. The second-order valence-corrected chi connectivity index (χ2v) is 10.5. The van der Waals surface area contributed by atoms with Crippen LogP contribution in [0, 0.1) is 28.6 Å². The van der Waals surface area contributed by atoms with Crippen molar-refractivity contribution in [3.8, 4) is 6.07 Å². The van der Waals surface area contributed by atoms with Crippen LogP contribution in [0.25, 0.3) is 0 Å². The summed E-state index contributed by atoms with van der Waals surface area (Å²) in [6.45, 7) is 4.11. The second kappa shape index (κ2) is 14.0. The molecule has 0 radical (unpaired) electrons. The van der Waals surface area contributed by atoms with Gasteiger partial charge in [-0.15, -0.1) is 0 Å². The molecule has 13 N–H and O–H groups in total. The molecular weight excluding hydrogens is 522 g/mol. The van der Waals surface area contributed by atoms with Crippen molar-refractivity contribution in [3.05, 3.63) is 70.8 Å². The Morgan fingerprint density at radius 3 is 2.17 bits per heavy atom. The average molecular weight is 564 g/mol. The number of hydrogen-bond donors (Lipinski definition) is 7. The lowest BCUT2D eigenvalue weighted by Crippen LogP contribution is -2.51. The Balaban J connectivity index is 0.00000192. The normalized spacial score (nSPS) is 22.7. The van der Waals surface area contributed by atoms with Gasteiger partial charge in [0.1, 0.15) is 18.2 Å². The van der Waals surface area contributed by atoms with E-state index in [2.05, 4.69) is 30.0 Å². The van der Waals surface area contributed by atoms with Crippen molar-refractivity contribution < 1.29 is 14.4 Å². The van der Waals surface area contributed by atoms with Crippen LogP contribution >= 0.6 is 0 Å². The van der Waals surface area contributed by atoms with Gasteiger partial charge >= 0.3 is 0 Å². The van der Waals surface area contributed by atoms with Gasteiger partial charge in [0.2, 0.25) is 11.8 Å². The summed E-state index contributed by atoms with van der Waals surface area (Å²) in [4.78, 5) is 37.9. The van der Waals surface area contributed by atoms with Crippen molar-refractivity contribution in [2.75, 3.05) is 6.54 Å². The Kier molecular flexibility index (Phi) is 11.3. The smallest absolute Gasteiger partial charge is 0.248 e. The van der Waals surface area contributed by atoms with E-state index in [0.717, 1.165) is 12.7 Å². The summed E-state index contributed by atoms with van der Waals surface area (Å²) >= 11 is 0. The van der Waals surface area contributed by atoms with E-state index < -0.39 is 17.4 Å². The van der Waals surface area contributed by atoms with Gasteiger partial charge < -0.3 is 27.8 Å². The first-order chi connectivity index (χ1) is 19.1. The maximum absolute atomic E-state index is 13.2. The minimum atomic E-state index is -1.09. The summed E-state index contributed by atoms with van der Waals surface area (Å²) < 4.78 is 0. The van der Waals surface area contributed by atoms with Gasteiger partial charge in [-0.25, -0.2) is 0 Å². The standard InChI is InChI=1S/C29H34N6O3.H4N2.H3N/c1-17(34-15-25(37)35-23(14-30)11-12-24-18(2)26(24)35)13-29(28(32)33,21-7-3-19(16-36)4-8-21)22-9-5-20(6-10-22)27(31)38;1-2;/h3-10,16-18,23-24,26,34H,11-13,15H2,1-2H3,(H2,31,38)(H3,32,33);1-2H2;1H3/t17?,18-,23?,24?,26?,29?;;/m0../s1. The van der Waals surface area contributed by atoms with Crippen molar-refractivity contribution in [2.24, 2.45) is 35.0 Å². The number of carbonyl (C=O) groups excluding carboxylic acids is 3. The maximum atomic E-state index is 13.2. The van der Waals surface area contributed by atoms with Crippen LogP contribution in [-0.4, -0.2) is 53.5 Å². The third-order valence-corrected chi connectivity index (χ3v) is 8.25. The molecule has 6 atom stereocenters. The van der Waals surface area contributed by atoms with Crippen molar-refractivity contribution in [1.29, 1.82) is 10.7 Å². The Hall–Kier alpha value is -4.15. The number of amidine groups is 1. The van der Waals surface area contributed by atoms with Crippen LogP contribution in [0.15, 0.2) is 48.5 Å². The number of benzene rings is 2. The van der Waals surface area contributed by atoms with Crippen LogP contribution in [0.1, 0.15) is 65.0 Å². The molecule has 41 heavy (non-hydrogen) atoms. The molecular formula is C29H41N9O3. The van der Waals surface area contributed by atoms with E-state index >= 15 is 0 Å². The Bertz CT molecular complexity index is 1280. The predicted octanol–water partition coefficient (Wildman–Crippen LogP) is 1.32. The third kappa shape index (κ3) is 6.61. The number of nitrogens with zero attached hydrogens (tertiary/aromatic N) is 2. The topological polar surface area (TPSA) is 253 Å². The fourth-order valence-electron chi connectivity index (χ4n) is 6.05. The zero-order chi connectivity index (χ0) is 29.6. The van der Waals surface area contributed by atoms with Gasteiger partial charge in [0.05, 0.1) is 18.0 Å². The molecule has 2 fully saturated rings. The van der Waals surface area contributed by atoms with E-state index in [-0.39, 0.29) is 36.5 Å². The number of aldehydes is 1. The van der Waals surface area contributed by atoms with E-state index in [0.29, 0.717) is 46.9 Å². The number of likely N-dealkylation sites (tertiary alicyclic amines) is 1. The minimum absolute atomic E-state index is 0. The number of nitriles is 1. The number of piperidine rings is 1. The fourth-order valence-corrected chi connectivity index (χ4v) is 6.05. The molecule has 0 bridgehead atoms. The van der Waals surface area contributed by atoms with Gasteiger partial charge in [0.15, 0.2) is 0 Å². The highest BCUT2D eigenvalue weighted by atomic mass is 16.2. The lowest BCUT2D eigenvalue weighted by atomic mass is 9.69. The average Bonchev–Trinajstić information content (AvgIpc) is 3.64. The van der Waals surface area contributed by atoms with E-state index in [1.54, 1.807) is 53.4 Å². The van der Waals surface area contributed by atoms with Gasteiger partial charge in [-0.1, -0.05) is 43.3 Å². The maximum Gasteiger partial charge on any atom is 0.248 e. The molecule has 2 aromatic rings. The summed E-state index contributed by atoms with van der Waals surface area (Å²) in [6.07, 6.45) is 2.76. The van der Waals surface area contributed by atoms with Crippen molar-refractivity contribution in [2.45, 2.75) is 56.7 Å². The summed E-state index contributed by atoms with van der Waals surface area (Å²) in [5.74, 6) is 8.12. The third-order valence-electron chi connectivity index (χ3n) is 8.25. The summed E-state index contributed by atoms with van der Waals surface area (Å²) in [7, 11) is 0. The molecule has 1 saturated heterocycles. The summed E-state index contributed by atoms with van der Waals surface area (Å²) in [5.41, 5.74) is 12.8. The zero-order valence-corrected chi connectivity index (χ0v) is 23.5. The Morgan fingerprint density at radius 2 is 1.68 bits per heavy atom. The molecule has 2 amide bonds. The van der Waals surface area contributed by atoms with Crippen LogP contribution in [0.3, 0.4) is 0 Å². The van der Waals surface area contributed by atoms with E-state index in [1.165, 1.54) is 0 Å². The molecule has 4 rings (SSSR count). The van der Waals surface area contributed by atoms with Gasteiger partial charge in [-0.2, -0.15) is 5.26 Å². The van der Waals surface area contributed by atoms with Gasteiger partial charge in [-0.3, -0.25) is 31.5 Å². The molecule has 220 valence electrons. The number of rotatable bonds is 10. The van der Waals surface area contributed by atoms with Crippen LogP contribution in [0.4, 0.5) is 0 Å². The van der Waals surface area contributed by atoms with Crippen molar-refractivity contribution in [3.63, 3.8) is 0 Å². The number of nitrogens with one attached hydrogen (secondary N) is 2. The SMILES string of the molecule is CC(CC(C(=N)N)(c1ccc(C=O)cc1)c1ccc(C(N)=O)cc1)NCC(=O)N1C(C#N)CCC2C1[C@H]2C.N.NN. The first-order valence-electron chi connectivity index (χ1n) is 13.2. The van der Waals surface area contributed by atoms with Gasteiger partial charge in [0, 0.05) is 23.2 Å². The minimum Gasteiger partial charge on any atom is -0.387 e. The monoisotopic (exact) mass is 563 g/mol. The first kappa shape index (κ1) is 33.1. The lowest BCUT2D eigenvalue weighted by molar-refractivity contribution is -0.133.